The smallest absolute Gasteiger partial charge is 0.239 e. The fraction of sp³-hybridized carbons (Fsp3) is 0.842. The second-order valence-corrected chi connectivity index (χ2v) is 7.60. The zero-order valence-electron chi connectivity index (χ0n) is 17.3. The Balaban J connectivity index is 1.68. The predicted octanol–water partition coefficient (Wildman–Crippen LogP) is 0.105. The first kappa shape index (κ1) is 21.5. The molecule has 27 heavy (non-hydrogen) atoms. The monoisotopic (exact) mass is 380 g/mol. The first-order valence-electron chi connectivity index (χ1n) is 10.2. The van der Waals surface area contributed by atoms with Crippen LogP contribution in [-0.2, 0) is 9.59 Å². The molecule has 2 N–H and O–H groups in total. The number of amides is 2. The Bertz CT molecular complexity index is 536. The van der Waals surface area contributed by atoms with Crippen molar-refractivity contribution in [1.29, 1.82) is 0 Å². The summed E-state index contributed by atoms with van der Waals surface area (Å²) in [5.74, 6) is 1.22. The molecule has 0 aromatic carbocycles. The van der Waals surface area contributed by atoms with Crippen LogP contribution in [0, 0.1) is 0 Å². The number of guanidine groups is 1. The summed E-state index contributed by atoms with van der Waals surface area (Å²) in [6.45, 7) is 6.19. The van der Waals surface area contributed by atoms with Gasteiger partial charge in [0, 0.05) is 59.8 Å². The van der Waals surface area contributed by atoms with Gasteiger partial charge in [0.25, 0.3) is 0 Å². The molecular formula is C19H36N6O2. The van der Waals surface area contributed by atoms with Crippen molar-refractivity contribution < 1.29 is 9.59 Å². The topological polar surface area (TPSA) is 80.3 Å². The van der Waals surface area contributed by atoms with E-state index in [2.05, 4.69) is 20.5 Å². The number of hydrogen-bond acceptors (Lipinski definition) is 4. The highest BCUT2D eigenvalue weighted by Crippen LogP contribution is 2.18. The van der Waals surface area contributed by atoms with Crippen LogP contribution in [0.2, 0.25) is 0 Å². The molecule has 154 valence electrons. The summed E-state index contributed by atoms with van der Waals surface area (Å²) in [5.41, 5.74) is 0. The van der Waals surface area contributed by atoms with Gasteiger partial charge in [0.05, 0.1) is 6.04 Å². The minimum Gasteiger partial charge on any atom is -0.356 e. The van der Waals surface area contributed by atoms with Gasteiger partial charge < -0.3 is 20.4 Å². The highest BCUT2D eigenvalue weighted by atomic mass is 16.2. The van der Waals surface area contributed by atoms with E-state index in [-0.39, 0.29) is 23.9 Å². The quantitative estimate of drug-likeness (QED) is 0.372. The Morgan fingerprint density at radius 1 is 1.22 bits per heavy atom. The first-order chi connectivity index (χ1) is 13.0. The standard InChI is InChI=1S/C19H36N6O2/c1-5-17(26)25-13-9-15(14-25)22-19(20-2)21-10-7-12-24-11-6-8-16(24)18(27)23(3)4/h15-16H,5-14H2,1-4H3,(H2,20,21,22). The van der Waals surface area contributed by atoms with E-state index in [9.17, 15) is 9.59 Å². The zero-order valence-corrected chi connectivity index (χ0v) is 17.3. The second-order valence-electron chi connectivity index (χ2n) is 7.60. The third-order valence-corrected chi connectivity index (χ3v) is 5.41. The maximum atomic E-state index is 12.2. The lowest BCUT2D eigenvalue weighted by atomic mass is 10.2. The van der Waals surface area contributed by atoms with Gasteiger partial charge in [-0.25, -0.2) is 0 Å². The van der Waals surface area contributed by atoms with Gasteiger partial charge in [-0.1, -0.05) is 6.92 Å². The molecule has 0 spiro atoms. The van der Waals surface area contributed by atoms with Gasteiger partial charge in [0.15, 0.2) is 5.96 Å². The minimum atomic E-state index is 0.0398. The Morgan fingerprint density at radius 3 is 2.67 bits per heavy atom. The predicted molar refractivity (Wildman–Crippen MR) is 108 cm³/mol. The van der Waals surface area contributed by atoms with E-state index in [4.69, 9.17) is 0 Å². The Labute approximate surface area is 163 Å². The number of rotatable bonds is 7. The molecule has 2 aliphatic rings. The molecule has 2 unspecified atom stereocenters. The van der Waals surface area contributed by atoms with Crippen LogP contribution in [0.1, 0.15) is 39.0 Å². The van der Waals surface area contributed by atoms with Crippen molar-refractivity contribution in [2.24, 2.45) is 4.99 Å². The summed E-state index contributed by atoms with van der Waals surface area (Å²) in [5, 5.41) is 6.77. The number of nitrogens with zero attached hydrogens (tertiary/aromatic N) is 4. The molecule has 0 aliphatic carbocycles. The maximum absolute atomic E-state index is 12.2. The van der Waals surface area contributed by atoms with Crippen LogP contribution in [0.25, 0.3) is 0 Å². The SMILES string of the molecule is CCC(=O)N1CCC(NC(=NC)NCCCN2CCCC2C(=O)N(C)C)C1. The van der Waals surface area contributed by atoms with Gasteiger partial charge in [-0.15, -0.1) is 0 Å². The molecule has 0 bridgehead atoms. The number of carbonyl (C=O) groups excluding carboxylic acids is 2. The van der Waals surface area contributed by atoms with Crippen LogP contribution in [0.5, 0.6) is 0 Å². The normalized spacial score (nSPS) is 23.6. The van der Waals surface area contributed by atoms with Gasteiger partial charge in [-0.2, -0.15) is 0 Å². The number of carbonyl (C=O) groups is 2. The van der Waals surface area contributed by atoms with Crippen molar-refractivity contribution in [3.05, 3.63) is 0 Å². The third-order valence-electron chi connectivity index (χ3n) is 5.41. The molecule has 2 heterocycles. The molecule has 2 rings (SSSR count). The van der Waals surface area contributed by atoms with Crippen LogP contribution >= 0.6 is 0 Å². The number of hydrogen-bond donors (Lipinski definition) is 2. The van der Waals surface area contributed by atoms with Crippen LogP contribution in [0.15, 0.2) is 4.99 Å². The second kappa shape index (κ2) is 10.5. The third kappa shape index (κ3) is 6.09. The van der Waals surface area contributed by atoms with E-state index < -0.39 is 0 Å². The Morgan fingerprint density at radius 2 is 2.00 bits per heavy atom. The average molecular weight is 381 g/mol. The zero-order chi connectivity index (χ0) is 19.8. The Kier molecular flexibility index (Phi) is 8.34. The maximum Gasteiger partial charge on any atom is 0.239 e. The van der Waals surface area contributed by atoms with Crippen molar-refractivity contribution in [3.8, 4) is 0 Å². The molecule has 2 aliphatic heterocycles. The van der Waals surface area contributed by atoms with E-state index in [1.807, 2.05) is 25.9 Å². The van der Waals surface area contributed by atoms with E-state index >= 15 is 0 Å². The molecular weight excluding hydrogens is 344 g/mol. The summed E-state index contributed by atoms with van der Waals surface area (Å²) in [6, 6.07) is 0.297. The summed E-state index contributed by atoms with van der Waals surface area (Å²) >= 11 is 0. The molecule has 2 fully saturated rings. The van der Waals surface area contributed by atoms with Crippen LogP contribution in [0.3, 0.4) is 0 Å². The number of likely N-dealkylation sites (N-methyl/N-ethyl adjacent to an activating group) is 1. The van der Waals surface area contributed by atoms with Crippen molar-refractivity contribution in [2.75, 3.05) is 53.9 Å². The summed E-state index contributed by atoms with van der Waals surface area (Å²) < 4.78 is 0. The van der Waals surface area contributed by atoms with Gasteiger partial charge >= 0.3 is 0 Å². The molecule has 0 aromatic heterocycles. The highest BCUT2D eigenvalue weighted by Gasteiger charge is 2.31. The number of likely N-dealkylation sites (tertiary alicyclic amines) is 2. The minimum absolute atomic E-state index is 0.0398. The molecule has 8 heteroatoms. The lowest BCUT2D eigenvalue weighted by molar-refractivity contribution is -0.133. The van der Waals surface area contributed by atoms with Crippen molar-refractivity contribution >= 4 is 17.8 Å². The number of aliphatic imine (C=N–C) groups is 1. The molecule has 0 radical (unpaired) electrons. The van der Waals surface area contributed by atoms with Crippen molar-refractivity contribution in [2.45, 2.75) is 51.1 Å². The lowest BCUT2D eigenvalue weighted by Crippen LogP contribution is -2.46. The Hall–Kier alpha value is -1.83. The average Bonchev–Trinajstić information content (AvgIpc) is 3.32. The van der Waals surface area contributed by atoms with Crippen molar-refractivity contribution in [3.63, 3.8) is 0 Å². The molecule has 2 atom stereocenters. The molecule has 2 amide bonds. The van der Waals surface area contributed by atoms with Gasteiger partial charge in [0.1, 0.15) is 0 Å². The fourth-order valence-corrected chi connectivity index (χ4v) is 3.88. The van der Waals surface area contributed by atoms with Crippen LogP contribution < -0.4 is 10.6 Å². The highest BCUT2D eigenvalue weighted by molar-refractivity contribution is 5.82. The van der Waals surface area contributed by atoms with Crippen LogP contribution in [0.4, 0.5) is 0 Å². The van der Waals surface area contributed by atoms with E-state index in [0.29, 0.717) is 6.42 Å². The summed E-state index contributed by atoms with van der Waals surface area (Å²) in [7, 11) is 5.42. The van der Waals surface area contributed by atoms with Crippen LogP contribution in [-0.4, -0.2) is 98.4 Å². The number of nitrogens with one attached hydrogen (secondary N) is 2. The van der Waals surface area contributed by atoms with Crippen molar-refractivity contribution in [1.82, 2.24) is 25.3 Å². The summed E-state index contributed by atoms with van der Waals surface area (Å²) in [4.78, 5) is 34.2. The van der Waals surface area contributed by atoms with Gasteiger partial charge in [-0.05, 0) is 32.2 Å². The van der Waals surface area contributed by atoms with Gasteiger partial charge in [-0.3, -0.25) is 19.5 Å². The largest absolute Gasteiger partial charge is 0.356 e. The fourth-order valence-electron chi connectivity index (χ4n) is 3.88. The van der Waals surface area contributed by atoms with E-state index in [1.54, 1.807) is 11.9 Å². The molecule has 0 saturated carbocycles. The molecule has 0 aromatic rings. The van der Waals surface area contributed by atoms with Gasteiger partial charge in [0.2, 0.25) is 11.8 Å². The molecule has 2 saturated heterocycles. The van der Waals surface area contributed by atoms with E-state index in [0.717, 1.165) is 64.4 Å². The first-order valence-corrected chi connectivity index (χ1v) is 10.2. The lowest BCUT2D eigenvalue weighted by Gasteiger charge is -2.26. The summed E-state index contributed by atoms with van der Waals surface area (Å²) in [6.07, 6.45) is 4.53. The van der Waals surface area contributed by atoms with E-state index in [1.165, 1.54) is 0 Å². The molecule has 8 nitrogen and oxygen atoms in total.